The molecule has 0 aliphatic heterocycles. The Morgan fingerprint density at radius 3 is 2.52 bits per heavy atom. The number of carbonyl (C=O) groups excluding carboxylic acids is 2. The Bertz CT molecular complexity index is 735. The van der Waals surface area contributed by atoms with E-state index >= 15 is 0 Å². The van der Waals surface area contributed by atoms with Crippen LogP contribution >= 0.6 is 22.6 Å². The molecule has 0 aromatic heterocycles. The van der Waals surface area contributed by atoms with Gasteiger partial charge in [-0.2, -0.15) is 0 Å². The van der Waals surface area contributed by atoms with Crippen LogP contribution in [0, 0.1) is 10.5 Å². The van der Waals surface area contributed by atoms with Gasteiger partial charge < -0.3 is 15.4 Å². The number of hydrogen-bond acceptors (Lipinski definition) is 3. The van der Waals surface area contributed by atoms with Gasteiger partial charge in [0, 0.05) is 9.26 Å². The summed E-state index contributed by atoms with van der Waals surface area (Å²) >= 11 is 2.25. The van der Waals surface area contributed by atoms with Crippen molar-refractivity contribution in [2.45, 2.75) is 26.3 Å². The molecule has 2 rings (SSSR count). The van der Waals surface area contributed by atoms with E-state index in [-0.39, 0.29) is 18.9 Å². The number of rotatable bonds is 6. The van der Waals surface area contributed by atoms with Crippen LogP contribution in [0.4, 0.5) is 10.5 Å². The first kappa shape index (κ1) is 19.2. The number of anilines is 1. The zero-order valence-corrected chi connectivity index (χ0v) is 16.4. The summed E-state index contributed by atoms with van der Waals surface area (Å²) < 4.78 is 6.08. The number of alkyl carbamates (subject to hydrolysis) is 1. The molecule has 6 heteroatoms. The molecule has 2 N–H and O–H groups in total. The topological polar surface area (TPSA) is 67.4 Å². The minimum absolute atomic E-state index is 0.119. The fourth-order valence-electron chi connectivity index (χ4n) is 2.37. The van der Waals surface area contributed by atoms with E-state index in [1.54, 1.807) is 6.92 Å². The predicted octanol–water partition coefficient (Wildman–Crippen LogP) is 4.42. The Hall–Kier alpha value is -2.09. The lowest BCUT2D eigenvalue weighted by molar-refractivity contribution is -0.116. The summed E-state index contributed by atoms with van der Waals surface area (Å²) in [6, 6.07) is 14.7. The highest BCUT2D eigenvalue weighted by molar-refractivity contribution is 14.1. The van der Waals surface area contributed by atoms with E-state index in [4.69, 9.17) is 4.74 Å². The van der Waals surface area contributed by atoms with Crippen molar-refractivity contribution < 1.29 is 14.3 Å². The first-order valence-corrected chi connectivity index (χ1v) is 9.11. The van der Waals surface area contributed by atoms with Crippen LogP contribution in [0.15, 0.2) is 48.5 Å². The van der Waals surface area contributed by atoms with Crippen molar-refractivity contribution in [1.29, 1.82) is 0 Å². The van der Waals surface area contributed by atoms with E-state index in [2.05, 4.69) is 33.2 Å². The van der Waals surface area contributed by atoms with Crippen molar-refractivity contribution in [1.82, 2.24) is 5.32 Å². The van der Waals surface area contributed by atoms with Gasteiger partial charge in [-0.05, 0) is 65.8 Å². The molecule has 2 amide bonds. The highest BCUT2D eigenvalue weighted by Crippen LogP contribution is 2.20. The summed E-state index contributed by atoms with van der Waals surface area (Å²) in [6.07, 6.45) is -0.414. The molecule has 0 saturated heterocycles. The molecule has 5 nitrogen and oxygen atoms in total. The van der Waals surface area contributed by atoms with Gasteiger partial charge in [-0.3, -0.25) is 4.79 Å². The SMILES string of the molecule is CCOC(=O)N[C@@H](CC(=O)Nc1ccc(I)c(C)c1)c1ccccc1. The number of hydrogen-bond donors (Lipinski definition) is 2. The van der Waals surface area contributed by atoms with Crippen LogP contribution in [0.5, 0.6) is 0 Å². The number of amides is 2. The Balaban J connectivity index is 2.08. The molecule has 0 unspecified atom stereocenters. The van der Waals surface area contributed by atoms with E-state index in [1.807, 2.05) is 55.5 Å². The molecule has 0 spiro atoms. The Labute approximate surface area is 161 Å². The van der Waals surface area contributed by atoms with E-state index in [1.165, 1.54) is 0 Å². The third-order valence-corrected chi connectivity index (χ3v) is 4.81. The minimum Gasteiger partial charge on any atom is -0.450 e. The van der Waals surface area contributed by atoms with Gasteiger partial charge in [-0.15, -0.1) is 0 Å². The van der Waals surface area contributed by atoms with Crippen LogP contribution in [0.25, 0.3) is 0 Å². The lowest BCUT2D eigenvalue weighted by Crippen LogP contribution is -2.32. The van der Waals surface area contributed by atoms with Crippen molar-refractivity contribution in [3.63, 3.8) is 0 Å². The van der Waals surface area contributed by atoms with Gasteiger partial charge in [0.25, 0.3) is 0 Å². The van der Waals surface area contributed by atoms with Gasteiger partial charge in [0.2, 0.25) is 5.91 Å². The fraction of sp³-hybridized carbons (Fsp3) is 0.263. The van der Waals surface area contributed by atoms with Gasteiger partial charge in [-0.25, -0.2) is 4.79 Å². The summed E-state index contributed by atoms with van der Waals surface area (Å²) in [5.41, 5.74) is 2.69. The number of nitrogens with one attached hydrogen (secondary N) is 2. The number of halogens is 1. The summed E-state index contributed by atoms with van der Waals surface area (Å²) in [7, 11) is 0. The third-order valence-electron chi connectivity index (χ3n) is 3.60. The normalized spacial score (nSPS) is 11.5. The molecule has 2 aromatic carbocycles. The second-order valence-electron chi connectivity index (χ2n) is 5.54. The van der Waals surface area contributed by atoms with Crippen molar-refractivity contribution in [2.24, 2.45) is 0 Å². The molecule has 0 bridgehead atoms. The molecule has 1 atom stereocenters. The molecule has 0 aliphatic carbocycles. The molecule has 132 valence electrons. The largest absolute Gasteiger partial charge is 0.450 e. The first-order valence-electron chi connectivity index (χ1n) is 8.04. The van der Waals surface area contributed by atoms with E-state index in [0.29, 0.717) is 0 Å². The average Bonchev–Trinajstić information content (AvgIpc) is 2.58. The van der Waals surface area contributed by atoms with Gasteiger partial charge in [0.15, 0.2) is 0 Å². The number of ether oxygens (including phenoxy) is 1. The molecule has 0 saturated carbocycles. The Kier molecular flexibility index (Phi) is 7.24. The van der Waals surface area contributed by atoms with E-state index < -0.39 is 12.1 Å². The maximum atomic E-state index is 12.4. The molecule has 0 heterocycles. The van der Waals surface area contributed by atoms with Gasteiger partial charge in [-0.1, -0.05) is 30.3 Å². The zero-order chi connectivity index (χ0) is 18.2. The van der Waals surface area contributed by atoms with Crippen LogP contribution in [0.2, 0.25) is 0 Å². The van der Waals surface area contributed by atoms with Crippen molar-refractivity contribution in [3.05, 3.63) is 63.2 Å². The highest BCUT2D eigenvalue weighted by atomic mass is 127. The summed E-state index contributed by atoms with van der Waals surface area (Å²) in [4.78, 5) is 24.2. The molecule has 0 aliphatic rings. The quantitative estimate of drug-likeness (QED) is 0.638. The second-order valence-corrected chi connectivity index (χ2v) is 6.71. The van der Waals surface area contributed by atoms with Gasteiger partial charge in [0.05, 0.1) is 19.1 Å². The Morgan fingerprint density at radius 2 is 1.88 bits per heavy atom. The third kappa shape index (κ3) is 6.04. The average molecular weight is 452 g/mol. The summed E-state index contributed by atoms with van der Waals surface area (Å²) in [5, 5.41) is 5.63. The second kappa shape index (κ2) is 9.41. The fourth-order valence-corrected chi connectivity index (χ4v) is 2.71. The molecule has 25 heavy (non-hydrogen) atoms. The predicted molar refractivity (Wildman–Crippen MR) is 106 cm³/mol. The van der Waals surface area contributed by atoms with E-state index in [0.717, 1.165) is 20.4 Å². The monoisotopic (exact) mass is 452 g/mol. The maximum absolute atomic E-state index is 12.4. The lowest BCUT2D eigenvalue weighted by Gasteiger charge is -2.18. The minimum atomic E-state index is -0.533. The zero-order valence-electron chi connectivity index (χ0n) is 14.2. The molecular formula is C19H21IN2O3. The molecule has 0 radical (unpaired) electrons. The first-order chi connectivity index (χ1) is 12.0. The summed E-state index contributed by atoms with van der Waals surface area (Å²) in [5.74, 6) is -0.175. The maximum Gasteiger partial charge on any atom is 0.407 e. The van der Waals surface area contributed by atoms with Gasteiger partial charge >= 0.3 is 6.09 Å². The van der Waals surface area contributed by atoms with Crippen LogP contribution in [0.3, 0.4) is 0 Å². The number of carbonyl (C=O) groups is 2. The highest BCUT2D eigenvalue weighted by Gasteiger charge is 2.19. The van der Waals surface area contributed by atoms with Crippen LogP contribution in [-0.2, 0) is 9.53 Å². The molecule has 2 aromatic rings. The van der Waals surface area contributed by atoms with Gasteiger partial charge in [0.1, 0.15) is 0 Å². The van der Waals surface area contributed by atoms with Crippen LogP contribution in [0.1, 0.15) is 30.5 Å². The van der Waals surface area contributed by atoms with Crippen molar-refractivity contribution >= 4 is 40.3 Å². The van der Waals surface area contributed by atoms with Crippen LogP contribution in [-0.4, -0.2) is 18.6 Å². The van der Waals surface area contributed by atoms with Crippen molar-refractivity contribution in [3.8, 4) is 0 Å². The summed E-state index contributed by atoms with van der Waals surface area (Å²) in [6.45, 7) is 4.01. The Morgan fingerprint density at radius 1 is 1.16 bits per heavy atom. The van der Waals surface area contributed by atoms with Crippen LogP contribution < -0.4 is 10.6 Å². The molecule has 0 fully saturated rings. The number of benzene rings is 2. The standard InChI is InChI=1S/C19H21IN2O3/c1-3-25-19(24)22-17(14-7-5-4-6-8-14)12-18(23)21-15-9-10-16(20)13(2)11-15/h4-11,17H,3,12H2,1-2H3,(H,21,23)(H,22,24)/t17-/m0/s1. The smallest absolute Gasteiger partial charge is 0.407 e. The lowest BCUT2D eigenvalue weighted by atomic mass is 10.0. The molecular weight excluding hydrogens is 431 g/mol. The number of aryl methyl sites for hydroxylation is 1. The van der Waals surface area contributed by atoms with Crippen molar-refractivity contribution in [2.75, 3.05) is 11.9 Å². The van der Waals surface area contributed by atoms with E-state index in [9.17, 15) is 9.59 Å².